The summed E-state index contributed by atoms with van der Waals surface area (Å²) in [5, 5.41) is 9.64. The average molecular weight is 198 g/mol. The second-order valence-corrected chi connectivity index (χ2v) is 4.14. The molecule has 2 heteroatoms. The molecule has 0 spiro atoms. The second kappa shape index (κ2) is 7.95. The Morgan fingerprint density at radius 1 is 1.42 bits per heavy atom. The largest absolute Gasteiger partial charge is 1.00 e. The van der Waals surface area contributed by atoms with Crippen molar-refractivity contribution < 1.29 is 57.9 Å². The fraction of sp³-hybridized carbons (Fsp3) is 1.00. The van der Waals surface area contributed by atoms with Crippen LogP contribution in [0.4, 0.5) is 0 Å². The van der Waals surface area contributed by atoms with Gasteiger partial charge >= 0.3 is 51.4 Å². The minimum atomic E-state index is -0.422. The first-order chi connectivity index (χ1) is 4.98. The van der Waals surface area contributed by atoms with E-state index in [1.807, 2.05) is 13.8 Å². The molecule has 1 nitrogen and oxygen atoms in total. The summed E-state index contributed by atoms with van der Waals surface area (Å²) in [4.78, 5) is 0. The predicted octanol–water partition coefficient (Wildman–Crippen LogP) is 0.0902. The molecule has 0 aromatic rings. The maximum atomic E-state index is 9.64. The Morgan fingerprint density at radius 2 is 1.92 bits per heavy atom. The van der Waals surface area contributed by atoms with E-state index in [2.05, 4.69) is 13.8 Å². The molecule has 0 aliphatic heterocycles. The minimum Gasteiger partial charge on any atom is -1.00 e. The molecular weight excluding hydrogens is 175 g/mol. The Balaban J connectivity index is -0.000000500. The van der Waals surface area contributed by atoms with Gasteiger partial charge in [0.15, 0.2) is 0 Å². The van der Waals surface area contributed by atoms with E-state index in [1.54, 1.807) is 0 Å². The fourth-order valence-corrected chi connectivity index (χ4v) is 1.07. The molecule has 0 aromatic heterocycles. The van der Waals surface area contributed by atoms with Gasteiger partial charge in [0.2, 0.25) is 0 Å². The fourth-order valence-electron chi connectivity index (χ4n) is 1.07. The van der Waals surface area contributed by atoms with E-state index in [0.29, 0.717) is 0 Å². The topological polar surface area (TPSA) is 20.2 Å². The molecule has 0 radical (unpaired) electrons. The van der Waals surface area contributed by atoms with Crippen LogP contribution >= 0.6 is 0 Å². The molecule has 0 aliphatic carbocycles. The first kappa shape index (κ1) is 16.0. The molecule has 0 heterocycles. The van der Waals surface area contributed by atoms with Gasteiger partial charge in [-0.25, -0.2) is 0 Å². The van der Waals surface area contributed by atoms with Crippen molar-refractivity contribution in [2.45, 2.75) is 59.0 Å². The van der Waals surface area contributed by atoms with E-state index in [4.69, 9.17) is 0 Å². The SMILES string of the molecule is CCC(C)(O)CCCC(C)C.[H-].[K+]. The minimum absolute atomic E-state index is 0. The van der Waals surface area contributed by atoms with Crippen LogP contribution in [0.3, 0.4) is 0 Å². The summed E-state index contributed by atoms with van der Waals surface area (Å²) >= 11 is 0. The van der Waals surface area contributed by atoms with Crippen molar-refractivity contribution >= 4 is 0 Å². The summed E-state index contributed by atoms with van der Waals surface area (Å²) in [6.45, 7) is 8.41. The van der Waals surface area contributed by atoms with E-state index < -0.39 is 5.60 Å². The molecule has 0 saturated heterocycles. The van der Waals surface area contributed by atoms with Gasteiger partial charge in [-0.2, -0.15) is 0 Å². The van der Waals surface area contributed by atoms with Gasteiger partial charge < -0.3 is 6.53 Å². The third kappa shape index (κ3) is 9.68. The molecule has 70 valence electrons. The molecule has 0 amide bonds. The third-order valence-corrected chi connectivity index (χ3v) is 2.26. The van der Waals surface area contributed by atoms with Crippen molar-refractivity contribution in [2.24, 2.45) is 5.92 Å². The molecule has 0 fully saturated rings. The first-order valence-electron chi connectivity index (χ1n) is 4.70. The molecule has 1 N–H and O–H groups in total. The van der Waals surface area contributed by atoms with E-state index in [1.165, 1.54) is 6.42 Å². The van der Waals surface area contributed by atoms with Crippen LogP contribution in [-0.2, 0) is 0 Å². The Labute approximate surface area is 121 Å². The third-order valence-electron chi connectivity index (χ3n) is 2.26. The van der Waals surface area contributed by atoms with E-state index in [-0.39, 0.29) is 52.8 Å². The summed E-state index contributed by atoms with van der Waals surface area (Å²) in [6, 6.07) is 0. The van der Waals surface area contributed by atoms with Gasteiger partial charge in [-0.05, 0) is 25.7 Å². The van der Waals surface area contributed by atoms with Gasteiger partial charge in [0.1, 0.15) is 0 Å². The van der Waals surface area contributed by atoms with Gasteiger partial charge in [0, 0.05) is 0 Å². The van der Waals surface area contributed by atoms with Gasteiger partial charge in [-0.3, -0.25) is 0 Å². The Hall–Kier alpha value is 1.60. The van der Waals surface area contributed by atoms with Gasteiger partial charge in [0.25, 0.3) is 0 Å². The first-order valence-corrected chi connectivity index (χ1v) is 4.70. The molecule has 0 bridgehead atoms. The molecule has 0 aliphatic rings. The van der Waals surface area contributed by atoms with Crippen LogP contribution in [0.5, 0.6) is 0 Å². The second-order valence-electron chi connectivity index (χ2n) is 4.14. The van der Waals surface area contributed by atoms with Crippen LogP contribution in [0.1, 0.15) is 54.8 Å². The number of hydrogen-bond acceptors (Lipinski definition) is 1. The number of hydrogen-bond donors (Lipinski definition) is 1. The normalized spacial score (nSPS) is 15.5. The van der Waals surface area contributed by atoms with Crippen LogP contribution < -0.4 is 51.4 Å². The molecule has 0 aromatic carbocycles. The number of aliphatic hydroxyl groups is 1. The van der Waals surface area contributed by atoms with Crippen LogP contribution in [0, 0.1) is 5.92 Å². The Morgan fingerprint density at radius 3 is 2.25 bits per heavy atom. The van der Waals surface area contributed by atoms with Crippen LogP contribution in [-0.4, -0.2) is 10.7 Å². The zero-order chi connectivity index (χ0) is 8.91. The van der Waals surface area contributed by atoms with Crippen LogP contribution in [0.2, 0.25) is 0 Å². The van der Waals surface area contributed by atoms with Crippen molar-refractivity contribution in [1.82, 2.24) is 0 Å². The monoisotopic (exact) mass is 198 g/mol. The van der Waals surface area contributed by atoms with Gasteiger partial charge in [0.05, 0.1) is 5.60 Å². The maximum absolute atomic E-state index is 9.64. The molecule has 1 atom stereocenters. The predicted molar refractivity (Wildman–Crippen MR) is 50.7 cm³/mol. The maximum Gasteiger partial charge on any atom is 1.00 e. The molecule has 12 heavy (non-hydrogen) atoms. The summed E-state index contributed by atoms with van der Waals surface area (Å²) < 4.78 is 0. The quantitative estimate of drug-likeness (QED) is 0.621. The van der Waals surface area contributed by atoms with E-state index >= 15 is 0 Å². The number of rotatable bonds is 5. The summed E-state index contributed by atoms with van der Waals surface area (Å²) in [5.74, 6) is 0.766. The summed E-state index contributed by atoms with van der Waals surface area (Å²) in [6.07, 6.45) is 4.20. The summed E-state index contributed by atoms with van der Waals surface area (Å²) in [5.41, 5.74) is -0.422. The van der Waals surface area contributed by atoms with Crippen molar-refractivity contribution in [1.29, 1.82) is 0 Å². The molecule has 1 unspecified atom stereocenters. The molecule has 0 rings (SSSR count). The molecular formula is C10H23KO. The van der Waals surface area contributed by atoms with Crippen molar-refractivity contribution in [3.63, 3.8) is 0 Å². The van der Waals surface area contributed by atoms with Gasteiger partial charge in [-0.15, -0.1) is 0 Å². The summed E-state index contributed by atoms with van der Waals surface area (Å²) in [7, 11) is 0. The molecule has 0 saturated carbocycles. The van der Waals surface area contributed by atoms with Crippen LogP contribution in [0.15, 0.2) is 0 Å². The average Bonchev–Trinajstić information content (AvgIpc) is 1.87. The van der Waals surface area contributed by atoms with Crippen molar-refractivity contribution in [2.75, 3.05) is 0 Å². The zero-order valence-electron chi connectivity index (χ0n) is 10.4. The zero-order valence-corrected chi connectivity index (χ0v) is 12.5. The standard InChI is InChI=1S/C10H22O.K.H/c1-5-10(4,11)8-6-7-9(2)3;;/h9,11H,5-8H2,1-4H3;;/q;+1;-1. The Kier molecular flexibility index (Phi) is 10.6. The van der Waals surface area contributed by atoms with Crippen molar-refractivity contribution in [3.05, 3.63) is 0 Å². The van der Waals surface area contributed by atoms with Gasteiger partial charge in [-0.1, -0.05) is 33.6 Å². The van der Waals surface area contributed by atoms with Crippen LogP contribution in [0.25, 0.3) is 0 Å². The van der Waals surface area contributed by atoms with E-state index in [9.17, 15) is 5.11 Å². The smallest absolute Gasteiger partial charge is 1.00 e. The van der Waals surface area contributed by atoms with Crippen molar-refractivity contribution in [3.8, 4) is 0 Å². The van der Waals surface area contributed by atoms with E-state index in [0.717, 1.165) is 25.2 Å². The Bertz CT molecular complexity index is 105.